The summed E-state index contributed by atoms with van der Waals surface area (Å²) in [6.45, 7) is 0. The van der Waals surface area contributed by atoms with Gasteiger partial charge in [-0.25, -0.2) is 4.39 Å². The second-order valence-corrected chi connectivity index (χ2v) is 5.77. The van der Waals surface area contributed by atoms with E-state index < -0.39 is 5.67 Å². The van der Waals surface area contributed by atoms with Crippen LogP contribution in [0, 0.1) is 0 Å². The van der Waals surface area contributed by atoms with Gasteiger partial charge in [0, 0.05) is 3.42 Å². The summed E-state index contributed by atoms with van der Waals surface area (Å²) >= 11 is 2.44. The van der Waals surface area contributed by atoms with E-state index in [2.05, 4.69) is 22.6 Å². The topological polar surface area (TPSA) is 0 Å². The molecule has 0 aromatic carbocycles. The van der Waals surface area contributed by atoms with Crippen LogP contribution < -0.4 is 0 Å². The lowest BCUT2D eigenvalue weighted by molar-refractivity contribution is 0.176. The molecule has 2 heteroatoms. The lowest BCUT2D eigenvalue weighted by Crippen LogP contribution is -2.14. The van der Waals surface area contributed by atoms with Crippen LogP contribution in [0.25, 0.3) is 0 Å². The maximum absolute atomic E-state index is 13.3. The van der Waals surface area contributed by atoms with Crippen LogP contribution in [0.1, 0.15) is 32.1 Å². The van der Waals surface area contributed by atoms with Gasteiger partial charge < -0.3 is 0 Å². The molecule has 0 nitrogen and oxygen atoms in total. The first-order valence-corrected chi connectivity index (χ1v) is 4.58. The van der Waals surface area contributed by atoms with Gasteiger partial charge in [-0.2, -0.15) is 0 Å². The third kappa shape index (κ3) is 0.900. The van der Waals surface area contributed by atoms with E-state index in [0.29, 0.717) is 3.42 Å². The Labute approximate surface area is 68.3 Å². The molecule has 2 aliphatic rings. The summed E-state index contributed by atoms with van der Waals surface area (Å²) in [6.07, 6.45) is 4.72. The van der Waals surface area contributed by atoms with E-state index in [0.717, 1.165) is 32.1 Å². The molecule has 0 heterocycles. The minimum absolute atomic E-state index is 0.368. The van der Waals surface area contributed by atoms with Gasteiger partial charge in [-0.3, -0.25) is 0 Å². The third-order valence-corrected chi connectivity index (χ3v) is 4.14. The Balaban J connectivity index is 2.25. The largest absolute Gasteiger partial charge is 0.244 e. The third-order valence-electron chi connectivity index (χ3n) is 2.68. The Morgan fingerprint density at radius 1 is 1.11 bits per heavy atom. The summed E-state index contributed by atoms with van der Waals surface area (Å²) in [6, 6.07) is 0. The van der Waals surface area contributed by atoms with Gasteiger partial charge in [0.05, 0.1) is 0 Å². The molecule has 0 radical (unpaired) electrons. The van der Waals surface area contributed by atoms with Gasteiger partial charge in [-0.05, 0) is 32.1 Å². The molecule has 0 N–H and O–H groups in total. The van der Waals surface area contributed by atoms with E-state index in [-0.39, 0.29) is 0 Å². The van der Waals surface area contributed by atoms with Crippen LogP contribution in [0.4, 0.5) is 4.39 Å². The van der Waals surface area contributed by atoms with Crippen LogP contribution >= 0.6 is 22.6 Å². The SMILES string of the molecule is FC12CCC(I)(CC1)C2. The first-order chi connectivity index (χ1) is 4.12. The summed E-state index contributed by atoms with van der Waals surface area (Å²) in [5.74, 6) is 0. The number of hydrogen-bond acceptors (Lipinski definition) is 0. The molecule has 0 spiro atoms. The molecule has 2 fully saturated rings. The number of fused-ring (bicyclic) bond motifs is 2. The van der Waals surface area contributed by atoms with Crippen molar-refractivity contribution in [1.82, 2.24) is 0 Å². The molecule has 0 amide bonds. The number of alkyl halides is 2. The molecule has 52 valence electrons. The molecule has 2 bridgehead atoms. The molecular weight excluding hydrogens is 230 g/mol. The second-order valence-electron chi connectivity index (χ2n) is 3.48. The molecule has 9 heavy (non-hydrogen) atoms. The second kappa shape index (κ2) is 1.63. The first-order valence-electron chi connectivity index (χ1n) is 3.50. The van der Waals surface area contributed by atoms with Crippen molar-refractivity contribution in [2.24, 2.45) is 0 Å². The Morgan fingerprint density at radius 2 is 1.67 bits per heavy atom. The van der Waals surface area contributed by atoms with Gasteiger partial charge in [0.25, 0.3) is 0 Å². The molecule has 0 atom stereocenters. The normalized spacial score (nSPS) is 56.7. The van der Waals surface area contributed by atoms with Gasteiger partial charge in [0.2, 0.25) is 0 Å². The van der Waals surface area contributed by atoms with E-state index in [1.54, 1.807) is 0 Å². The molecule has 0 unspecified atom stereocenters. The molecular formula is C7H10FI. The van der Waals surface area contributed by atoms with Crippen LogP contribution in [0.2, 0.25) is 0 Å². The van der Waals surface area contributed by atoms with Crippen LogP contribution in [-0.4, -0.2) is 9.09 Å². The predicted molar refractivity (Wildman–Crippen MR) is 43.7 cm³/mol. The van der Waals surface area contributed by atoms with Gasteiger partial charge in [0.15, 0.2) is 0 Å². The Morgan fingerprint density at radius 3 is 1.78 bits per heavy atom. The fourth-order valence-electron chi connectivity index (χ4n) is 2.07. The minimum atomic E-state index is -0.735. The maximum atomic E-state index is 13.3. The molecule has 2 saturated carbocycles. The molecule has 0 saturated heterocycles. The van der Waals surface area contributed by atoms with Crippen LogP contribution in [-0.2, 0) is 0 Å². The zero-order chi connectivity index (χ0) is 6.54. The highest BCUT2D eigenvalue weighted by Crippen LogP contribution is 2.57. The van der Waals surface area contributed by atoms with Crippen molar-refractivity contribution in [3.05, 3.63) is 0 Å². The van der Waals surface area contributed by atoms with Gasteiger partial charge in [-0.15, -0.1) is 0 Å². The summed E-state index contributed by atoms with van der Waals surface area (Å²) < 4.78 is 13.7. The van der Waals surface area contributed by atoms with Crippen LogP contribution in [0.15, 0.2) is 0 Å². The zero-order valence-corrected chi connectivity index (χ0v) is 7.45. The van der Waals surface area contributed by atoms with Crippen molar-refractivity contribution in [3.63, 3.8) is 0 Å². The number of halogens is 2. The van der Waals surface area contributed by atoms with Crippen molar-refractivity contribution >= 4 is 22.6 Å². The molecule has 0 aliphatic heterocycles. The zero-order valence-electron chi connectivity index (χ0n) is 5.29. The van der Waals surface area contributed by atoms with Crippen molar-refractivity contribution < 1.29 is 4.39 Å². The van der Waals surface area contributed by atoms with E-state index in [4.69, 9.17) is 0 Å². The fraction of sp³-hybridized carbons (Fsp3) is 1.00. The van der Waals surface area contributed by atoms with Crippen molar-refractivity contribution in [2.45, 2.75) is 41.2 Å². The summed E-state index contributed by atoms with van der Waals surface area (Å²) in [7, 11) is 0. The quantitative estimate of drug-likeness (QED) is 0.451. The van der Waals surface area contributed by atoms with Crippen molar-refractivity contribution in [1.29, 1.82) is 0 Å². The van der Waals surface area contributed by atoms with Crippen molar-refractivity contribution in [3.8, 4) is 0 Å². The van der Waals surface area contributed by atoms with Gasteiger partial charge in [-0.1, -0.05) is 22.6 Å². The molecule has 2 rings (SSSR count). The average Bonchev–Trinajstić information content (AvgIpc) is 2.19. The number of rotatable bonds is 0. The smallest absolute Gasteiger partial charge is 0.112 e. The van der Waals surface area contributed by atoms with Crippen LogP contribution in [0.3, 0.4) is 0 Å². The van der Waals surface area contributed by atoms with Crippen LogP contribution in [0.5, 0.6) is 0 Å². The monoisotopic (exact) mass is 240 g/mol. The minimum Gasteiger partial charge on any atom is -0.244 e. The first kappa shape index (κ1) is 6.38. The predicted octanol–water partition coefficient (Wildman–Crippen LogP) is 2.85. The fourth-order valence-corrected chi connectivity index (χ4v) is 3.29. The lowest BCUT2D eigenvalue weighted by Gasteiger charge is -2.17. The van der Waals surface area contributed by atoms with E-state index >= 15 is 0 Å². The summed E-state index contributed by atoms with van der Waals surface area (Å²) in [5, 5.41) is 0. The molecule has 0 aromatic rings. The van der Waals surface area contributed by atoms with E-state index in [9.17, 15) is 4.39 Å². The maximum Gasteiger partial charge on any atom is 0.112 e. The van der Waals surface area contributed by atoms with Gasteiger partial charge in [0.1, 0.15) is 5.67 Å². The summed E-state index contributed by atoms with van der Waals surface area (Å²) in [4.78, 5) is 0. The standard InChI is InChI=1S/C7H10FI/c8-6-1-3-7(9,5-6)4-2-6/h1-5H2. The van der Waals surface area contributed by atoms with E-state index in [1.165, 1.54) is 0 Å². The Bertz CT molecular complexity index is 120. The molecule has 2 aliphatic carbocycles. The number of hydrogen-bond donors (Lipinski definition) is 0. The molecule has 0 aromatic heterocycles. The Hall–Kier alpha value is 0.660. The lowest BCUT2D eigenvalue weighted by atomic mass is 9.99. The highest BCUT2D eigenvalue weighted by Gasteiger charge is 2.53. The highest BCUT2D eigenvalue weighted by molar-refractivity contribution is 14.1. The summed E-state index contributed by atoms with van der Waals surface area (Å²) in [5.41, 5.74) is -0.735. The van der Waals surface area contributed by atoms with Crippen molar-refractivity contribution in [2.75, 3.05) is 0 Å². The average molecular weight is 240 g/mol. The Kier molecular flexibility index (Phi) is 1.15. The highest BCUT2D eigenvalue weighted by atomic mass is 127. The van der Waals surface area contributed by atoms with Gasteiger partial charge >= 0.3 is 0 Å². The van der Waals surface area contributed by atoms with E-state index in [1.807, 2.05) is 0 Å².